The molecule has 0 radical (unpaired) electrons. The Labute approximate surface area is 305 Å². The summed E-state index contributed by atoms with van der Waals surface area (Å²) in [6.45, 7) is 0. The van der Waals surface area contributed by atoms with Crippen LogP contribution in [0.25, 0.3) is 107 Å². The first kappa shape index (κ1) is 28.4. The highest BCUT2D eigenvalue weighted by atomic mass is 32.1. The van der Waals surface area contributed by atoms with Crippen molar-refractivity contribution in [3.8, 4) is 22.8 Å². The van der Waals surface area contributed by atoms with Crippen molar-refractivity contribution < 1.29 is 0 Å². The van der Waals surface area contributed by atoms with Gasteiger partial charge in [0, 0.05) is 73.6 Å². The molecule has 12 rings (SSSR count). The molecule has 0 N–H and O–H groups in total. The highest BCUT2D eigenvalue weighted by Crippen LogP contribution is 2.44. The minimum absolute atomic E-state index is 0.881. The highest BCUT2D eigenvalue weighted by molar-refractivity contribution is 7.26. The zero-order chi connectivity index (χ0) is 33.9. The summed E-state index contributed by atoms with van der Waals surface area (Å²) in [6, 6.07) is 52.6. The predicted octanol–water partition coefficient (Wildman–Crippen LogP) is 13.1. The number of nitrogens with zero attached hydrogens (tertiary/aromatic N) is 4. The van der Waals surface area contributed by atoms with Gasteiger partial charge in [0.05, 0.1) is 39.6 Å². The molecule has 0 saturated carbocycles. The van der Waals surface area contributed by atoms with Crippen LogP contribution < -0.4 is 0 Å². The van der Waals surface area contributed by atoms with E-state index in [0.717, 1.165) is 28.3 Å². The van der Waals surface area contributed by atoms with Crippen LogP contribution >= 0.6 is 22.7 Å². The maximum Gasteiger partial charge on any atom is 0.138 e. The Morgan fingerprint density at radius 2 is 0.981 bits per heavy atom. The van der Waals surface area contributed by atoms with Gasteiger partial charge in [-0.1, -0.05) is 84.9 Å². The second-order valence-electron chi connectivity index (χ2n) is 13.4. The van der Waals surface area contributed by atoms with Gasteiger partial charge >= 0.3 is 0 Å². The summed E-state index contributed by atoms with van der Waals surface area (Å²) in [7, 11) is 0. The van der Waals surface area contributed by atoms with Crippen molar-refractivity contribution in [1.29, 1.82) is 0 Å². The van der Waals surface area contributed by atoms with Crippen LogP contribution in [-0.2, 0) is 0 Å². The lowest BCUT2D eigenvalue weighted by Gasteiger charge is -2.11. The van der Waals surface area contributed by atoms with Crippen LogP contribution in [0.4, 0.5) is 0 Å². The summed E-state index contributed by atoms with van der Waals surface area (Å²) in [6.07, 6.45) is 3.94. The van der Waals surface area contributed by atoms with Gasteiger partial charge < -0.3 is 4.57 Å². The fourth-order valence-electron chi connectivity index (χ4n) is 8.43. The Kier molecular flexibility index (Phi) is 5.78. The van der Waals surface area contributed by atoms with Crippen LogP contribution in [0, 0.1) is 0 Å². The monoisotopic (exact) mass is 698 g/mol. The van der Waals surface area contributed by atoms with Crippen molar-refractivity contribution in [2.24, 2.45) is 0 Å². The molecule has 242 valence electrons. The zero-order valence-corrected chi connectivity index (χ0v) is 29.2. The van der Waals surface area contributed by atoms with Gasteiger partial charge in [0.15, 0.2) is 0 Å². The van der Waals surface area contributed by atoms with Crippen LogP contribution in [-0.4, -0.2) is 19.1 Å². The normalized spacial score (nSPS) is 12.2. The summed E-state index contributed by atoms with van der Waals surface area (Å²) >= 11 is 3.70. The standard InChI is InChI=1S/C46H26N4S2/c1-5-13-36-29(9-1)31-18-21-40-43(33-11-3-7-15-38(33)51-40)45(31)49(36)28-17-20-35(48-26-28)27-23-24-47-42(25-27)50-37-14-6-2-10-30(37)32-19-22-41-44(46(32)50)34-12-4-8-16-39(34)52-41/h1-26H. The Morgan fingerprint density at radius 3 is 1.60 bits per heavy atom. The molecular weight excluding hydrogens is 673 g/mol. The number of fused-ring (bicyclic) bond motifs is 14. The van der Waals surface area contributed by atoms with Gasteiger partial charge in [-0.3, -0.25) is 9.55 Å². The van der Waals surface area contributed by atoms with E-state index in [0.29, 0.717) is 0 Å². The van der Waals surface area contributed by atoms with Crippen molar-refractivity contribution in [3.05, 3.63) is 158 Å². The van der Waals surface area contributed by atoms with Crippen molar-refractivity contribution in [3.63, 3.8) is 0 Å². The lowest BCUT2D eigenvalue weighted by molar-refractivity contribution is 1.08. The van der Waals surface area contributed by atoms with Gasteiger partial charge in [0.2, 0.25) is 0 Å². The molecule has 0 aliphatic carbocycles. The van der Waals surface area contributed by atoms with E-state index in [9.17, 15) is 0 Å². The fourth-order valence-corrected chi connectivity index (χ4v) is 10.6. The van der Waals surface area contributed by atoms with Gasteiger partial charge in [-0.05, 0) is 60.7 Å². The summed E-state index contributed by atoms with van der Waals surface area (Å²) in [5.74, 6) is 0.881. The second kappa shape index (κ2) is 10.6. The molecule has 0 unspecified atom stereocenters. The molecule has 6 aromatic carbocycles. The van der Waals surface area contributed by atoms with Gasteiger partial charge in [-0.2, -0.15) is 0 Å². The molecule has 0 amide bonds. The van der Waals surface area contributed by atoms with E-state index in [-0.39, 0.29) is 0 Å². The van der Waals surface area contributed by atoms with Gasteiger partial charge in [0.25, 0.3) is 0 Å². The third kappa shape index (κ3) is 3.85. The second-order valence-corrected chi connectivity index (χ2v) is 15.5. The first-order valence-corrected chi connectivity index (χ1v) is 19.0. The summed E-state index contributed by atoms with van der Waals surface area (Å²) < 4.78 is 9.92. The average Bonchev–Trinajstić information content (AvgIpc) is 3.95. The molecule has 0 atom stereocenters. The zero-order valence-electron chi connectivity index (χ0n) is 27.6. The van der Waals surface area contributed by atoms with E-state index in [1.165, 1.54) is 78.4 Å². The number of benzene rings is 6. The van der Waals surface area contributed by atoms with E-state index in [1.807, 2.05) is 35.1 Å². The number of thiophene rings is 2. The van der Waals surface area contributed by atoms with Crippen LogP contribution in [0.2, 0.25) is 0 Å². The van der Waals surface area contributed by atoms with Crippen molar-refractivity contribution >= 4 is 107 Å². The minimum atomic E-state index is 0.881. The lowest BCUT2D eigenvalue weighted by Crippen LogP contribution is -1.99. The molecule has 0 saturated heterocycles. The molecule has 6 aromatic heterocycles. The first-order valence-electron chi connectivity index (χ1n) is 17.4. The van der Waals surface area contributed by atoms with Crippen LogP contribution in [0.5, 0.6) is 0 Å². The Morgan fingerprint density at radius 1 is 0.423 bits per heavy atom. The molecule has 52 heavy (non-hydrogen) atoms. The highest BCUT2D eigenvalue weighted by Gasteiger charge is 2.20. The molecule has 0 spiro atoms. The van der Waals surface area contributed by atoms with Crippen molar-refractivity contribution in [1.82, 2.24) is 19.1 Å². The van der Waals surface area contributed by atoms with Gasteiger partial charge in [0.1, 0.15) is 5.82 Å². The third-order valence-electron chi connectivity index (χ3n) is 10.6. The number of hydrogen-bond donors (Lipinski definition) is 0. The van der Waals surface area contributed by atoms with E-state index in [4.69, 9.17) is 9.97 Å². The molecule has 6 heterocycles. The molecule has 0 bridgehead atoms. The van der Waals surface area contributed by atoms with E-state index < -0.39 is 0 Å². The molecule has 0 aliphatic rings. The Bertz CT molecular complexity index is 3410. The lowest BCUT2D eigenvalue weighted by atomic mass is 10.1. The minimum Gasteiger partial charge on any atom is -0.307 e. The van der Waals surface area contributed by atoms with E-state index >= 15 is 0 Å². The Balaban J connectivity index is 1.05. The molecule has 0 fully saturated rings. The van der Waals surface area contributed by atoms with Crippen LogP contribution in [0.3, 0.4) is 0 Å². The number of hydrogen-bond acceptors (Lipinski definition) is 4. The first-order chi connectivity index (χ1) is 25.8. The summed E-state index contributed by atoms with van der Waals surface area (Å²) in [5, 5.41) is 10.1. The van der Waals surface area contributed by atoms with Crippen LogP contribution in [0.1, 0.15) is 0 Å². The maximum absolute atomic E-state index is 5.12. The Hall–Kier alpha value is -6.34. The largest absolute Gasteiger partial charge is 0.307 e. The predicted molar refractivity (Wildman–Crippen MR) is 222 cm³/mol. The maximum atomic E-state index is 5.12. The number of aromatic nitrogens is 4. The molecular formula is C46H26N4S2. The average molecular weight is 699 g/mol. The summed E-state index contributed by atoms with van der Waals surface area (Å²) in [5.41, 5.74) is 7.73. The quantitative estimate of drug-likeness (QED) is 0.184. The van der Waals surface area contributed by atoms with Crippen molar-refractivity contribution in [2.75, 3.05) is 0 Å². The third-order valence-corrected chi connectivity index (χ3v) is 12.9. The van der Waals surface area contributed by atoms with Gasteiger partial charge in [-0.25, -0.2) is 4.98 Å². The topological polar surface area (TPSA) is 35.6 Å². The number of rotatable bonds is 3. The summed E-state index contributed by atoms with van der Waals surface area (Å²) in [4.78, 5) is 10.1. The van der Waals surface area contributed by atoms with Crippen LogP contribution in [0.15, 0.2) is 158 Å². The van der Waals surface area contributed by atoms with E-state index in [2.05, 4.69) is 155 Å². The molecule has 0 aliphatic heterocycles. The number of para-hydroxylation sites is 2. The smallest absolute Gasteiger partial charge is 0.138 e. The SMILES string of the molecule is c1ccc2c(c1)sc1ccc3c4ccccc4n(-c4ccc(-c5ccnc(-n6c7ccccc7c7ccc8sc9ccccc9c8c76)c5)nc4)c3c12. The van der Waals surface area contributed by atoms with E-state index in [1.54, 1.807) is 0 Å². The van der Waals surface area contributed by atoms with Gasteiger partial charge in [-0.15, -0.1) is 22.7 Å². The number of pyridine rings is 2. The molecule has 4 nitrogen and oxygen atoms in total. The van der Waals surface area contributed by atoms with Crippen molar-refractivity contribution in [2.45, 2.75) is 0 Å². The molecule has 12 aromatic rings. The molecule has 6 heteroatoms. The fraction of sp³-hybridized carbons (Fsp3) is 0.